The monoisotopic (exact) mass is 391 g/mol. The van der Waals surface area contributed by atoms with Crippen LogP contribution >= 0.6 is 0 Å². The minimum Gasteiger partial charge on any atom is -0.356 e. The van der Waals surface area contributed by atoms with Crippen molar-refractivity contribution in [1.29, 1.82) is 0 Å². The molecule has 0 bridgehead atoms. The smallest absolute Gasteiger partial charge is 0.225 e. The number of benzene rings is 1. The predicted molar refractivity (Wildman–Crippen MR) is 118 cm³/mol. The van der Waals surface area contributed by atoms with E-state index in [1.165, 1.54) is 54.7 Å². The highest BCUT2D eigenvalue weighted by molar-refractivity contribution is 5.54. The van der Waals surface area contributed by atoms with Gasteiger partial charge < -0.3 is 10.2 Å². The number of aryl methyl sites for hydroxylation is 1. The molecule has 5 heteroatoms. The molecule has 5 rings (SSSR count). The number of rotatable bonds is 5. The SMILES string of the molecule is c1ccc(CN2CC[C@H](Nc3nc4c(c(N5CCCCCC5)n3)CCC4)C2)cc1. The van der Waals surface area contributed by atoms with Crippen LogP contribution in [0.25, 0.3) is 0 Å². The third-order valence-electron chi connectivity index (χ3n) is 6.67. The van der Waals surface area contributed by atoms with Gasteiger partial charge in [-0.1, -0.05) is 43.2 Å². The number of nitrogens with zero attached hydrogens (tertiary/aromatic N) is 4. The van der Waals surface area contributed by atoms with Gasteiger partial charge in [-0.05, 0) is 44.1 Å². The second-order valence-electron chi connectivity index (χ2n) is 8.90. The fraction of sp³-hybridized carbons (Fsp3) is 0.583. The molecule has 3 aliphatic rings. The Morgan fingerprint density at radius 3 is 2.55 bits per heavy atom. The van der Waals surface area contributed by atoms with Gasteiger partial charge in [-0.15, -0.1) is 0 Å². The lowest BCUT2D eigenvalue weighted by atomic mass is 10.2. The molecule has 2 saturated heterocycles. The maximum absolute atomic E-state index is 5.07. The van der Waals surface area contributed by atoms with Gasteiger partial charge in [0.1, 0.15) is 5.82 Å². The van der Waals surface area contributed by atoms with Gasteiger partial charge in [-0.3, -0.25) is 4.90 Å². The van der Waals surface area contributed by atoms with Crippen LogP contribution in [0.3, 0.4) is 0 Å². The van der Waals surface area contributed by atoms with E-state index in [-0.39, 0.29) is 0 Å². The number of likely N-dealkylation sites (tertiary alicyclic amines) is 1. The quantitative estimate of drug-likeness (QED) is 0.834. The van der Waals surface area contributed by atoms with Crippen LogP contribution in [-0.4, -0.2) is 47.1 Å². The molecule has 2 aromatic rings. The first-order chi connectivity index (χ1) is 14.3. The summed E-state index contributed by atoms with van der Waals surface area (Å²) in [6, 6.07) is 11.2. The first-order valence-electron chi connectivity index (χ1n) is 11.5. The topological polar surface area (TPSA) is 44.3 Å². The predicted octanol–water partition coefficient (Wildman–Crippen LogP) is 4.03. The van der Waals surface area contributed by atoms with Crippen molar-refractivity contribution in [3.8, 4) is 0 Å². The van der Waals surface area contributed by atoms with Crippen molar-refractivity contribution in [1.82, 2.24) is 14.9 Å². The molecule has 0 spiro atoms. The van der Waals surface area contributed by atoms with E-state index in [0.717, 1.165) is 57.9 Å². The molecule has 29 heavy (non-hydrogen) atoms. The molecular formula is C24H33N5. The molecule has 154 valence electrons. The van der Waals surface area contributed by atoms with Crippen molar-refractivity contribution < 1.29 is 0 Å². The van der Waals surface area contributed by atoms with Gasteiger partial charge >= 0.3 is 0 Å². The summed E-state index contributed by atoms with van der Waals surface area (Å²) in [4.78, 5) is 15.1. The Hall–Kier alpha value is -2.14. The lowest BCUT2D eigenvalue weighted by molar-refractivity contribution is 0.328. The molecule has 3 heterocycles. The second-order valence-corrected chi connectivity index (χ2v) is 8.90. The summed E-state index contributed by atoms with van der Waals surface area (Å²) in [5, 5.41) is 3.69. The summed E-state index contributed by atoms with van der Waals surface area (Å²) < 4.78 is 0. The molecule has 0 saturated carbocycles. The van der Waals surface area contributed by atoms with Gasteiger partial charge in [0.2, 0.25) is 5.95 Å². The third kappa shape index (κ3) is 4.40. The Morgan fingerprint density at radius 2 is 1.72 bits per heavy atom. The standard InChI is InChI=1S/C24H33N5/c1-2-7-15-29(14-6-1)23-21-11-8-12-22(21)26-24(27-23)25-20-13-16-28(18-20)17-19-9-4-3-5-10-19/h3-5,9-10,20H,1-2,6-8,11-18H2,(H,25,26,27)/t20-/m0/s1. The minimum absolute atomic E-state index is 0.440. The van der Waals surface area contributed by atoms with E-state index in [1.54, 1.807) is 0 Å². The number of nitrogens with one attached hydrogen (secondary N) is 1. The molecule has 1 N–H and O–H groups in total. The largest absolute Gasteiger partial charge is 0.356 e. The summed E-state index contributed by atoms with van der Waals surface area (Å²) in [5.74, 6) is 2.09. The van der Waals surface area contributed by atoms with Crippen LogP contribution in [0.1, 0.15) is 55.3 Å². The number of hydrogen-bond acceptors (Lipinski definition) is 5. The number of aromatic nitrogens is 2. The molecule has 5 nitrogen and oxygen atoms in total. The molecule has 1 aromatic heterocycles. The Labute approximate surface area is 174 Å². The highest BCUT2D eigenvalue weighted by Gasteiger charge is 2.26. The van der Waals surface area contributed by atoms with Crippen molar-refractivity contribution >= 4 is 11.8 Å². The van der Waals surface area contributed by atoms with Crippen LogP contribution in [0, 0.1) is 0 Å². The van der Waals surface area contributed by atoms with E-state index in [9.17, 15) is 0 Å². The van der Waals surface area contributed by atoms with E-state index in [0.29, 0.717) is 6.04 Å². The molecule has 0 amide bonds. The maximum atomic E-state index is 5.07. The van der Waals surface area contributed by atoms with Crippen molar-refractivity contribution in [3.63, 3.8) is 0 Å². The first-order valence-corrected chi connectivity index (χ1v) is 11.5. The van der Waals surface area contributed by atoms with Crippen LogP contribution in [0.15, 0.2) is 30.3 Å². The third-order valence-corrected chi connectivity index (χ3v) is 6.67. The summed E-state index contributed by atoms with van der Waals surface area (Å²) in [7, 11) is 0. The zero-order valence-electron chi connectivity index (χ0n) is 17.4. The van der Waals surface area contributed by atoms with Crippen molar-refractivity contribution in [3.05, 3.63) is 47.2 Å². The number of anilines is 2. The fourth-order valence-corrected chi connectivity index (χ4v) is 5.14. The average molecular weight is 392 g/mol. The van der Waals surface area contributed by atoms with E-state index in [4.69, 9.17) is 9.97 Å². The minimum atomic E-state index is 0.440. The average Bonchev–Trinajstić information content (AvgIpc) is 3.30. The Bertz CT molecular complexity index is 814. The zero-order chi connectivity index (χ0) is 19.5. The summed E-state index contributed by atoms with van der Waals surface area (Å²) in [6.07, 6.45) is 9.93. The van der Waals surface area contributed by atoms with Gasteiger partial charge in [-0.25, -0.2) is 4.98 Å². The van der Waals surface area contributed by atoms with E-state index >= 15 is 0 Å². The number of fused-ring (bicyclic) bond motifs is 1. The van der Waals surface area contributed by atoms with Crippen LogP contribution < -0.4 is 10.2 Å². The summed E-state index contributed by atoms with van der Waals surface area (Å²) >= 11 is 0. The highest BCUT2D eigenvalue weighted by Crippen LogP contribution is 2.31. The van der Waals surface area contributed by atoms with Gasteiger partial charge in [-0.2, -0.15) is 4.98 Å². The van der Waals surface area contributed by atoms with Crippen molar-refractivity contribution in [2.45, 2.75) is 64.0 Å². The first kappa shape index (κ1) is 18.9. The highest BCUT2D eigenvalue weighted by atomic mass is 15.3. The van der Waals surface area contributed by atoms with Crippen molar-refractivity contribution in [2.75, 3.05) is 36.4 Å². The molecule has 1 aliphatic carbocycles. The second kappa shape index (κ2) is 8.70. The molecule has 2 aliphatic heterocycles. The van der Waals surface area contributed by atoms with Gasteiger partial charge in [0.25, 0.3) is 0 Å². The van der Waals surface area contributed by atoms with Crippen LogP contribution in [-0.2, 0) is 19.4 Å². The summed E-state index contributed by atoms with van der Waals surface area (Å²) in [5.41, 5.74) is 4.11. The fourth-order valence-electron chi connectivity index (χ4n) is 5.14. The number of hydrogen-bond donors (Lipinski definition) is 1. The lowest BCUT2D eigenvalue weighted by Crippen LogP contribution is -2.29. The normalized spacial score (nSPS) is 22.5. The Balaban J connectivity index is 1.28. The van der Waals surface area contributed by atoms with E-state index in [2.05, 4.69) is 45.4 Å². The molecule has 0 unspecified atom stereocenters. The summed E-state index contributed by atoms with van der Waals surface area (Å²) in [6.45, 7) is 5.53. The zero-order valence-corrected chi connectivity index (χ0v) is 17.4. The molecule has 2 fully saturated rings. The molecule has 1 atom stereocenters. The van der Waals surface area contributed by atoms with Gasteiger partial charge in [0.15, 0.2) is 0 Å². The van der Waals surface area contributed by atoms with Gasteiger partial charge in [0.05, 0.1) is 5.69 Å². The van der Waals surface area contributed by atoms with Crippen molar-refractivity contribution in [2.24, 2.45) is 0 Å². The van der Waals surface area contributed by atoms with Crippen LogP contribution in [0.5, 0.6) is 0 Å². The van der Waals surface area contributed by atoms with Gasteiger partial charge in [0, 0.05) is 44.3 Å². The van der Waals surface area contributed by atoms with E-state index < -0.39 is 0 Å². The van der Waals surface area contributed by atoms with E-state index in [1.807, 2.05) is 0 Å². The lowest BCUT2D eigenvalue weighted by Gasteiger charge is -2.25. The molecule has 0 radical (unpaired) electrons. The molecule has 1 aromatic carbocycles. The Morgan fingerprint density at radius 1 is 0.897 bits per heavy atom. The van der Waals surface area contributed by atoms with Crippen LogP contribution in [0.4, 0.5) is 11.8 Å². The van der Waals surface area contributed by atoms with Crippen LogP contribution in [0.2, 0.25) is 0 Å². The Kier molecular flexibility index (Phi) is 5.66. The molecular weight excluding hydrogens is 358 g/mol. The maximum Gasteiger partial charge on any atom is 0.225 e.